The molecule has 0 unspecified atom stereocenters. The number of aromatic nitrogens is 1. The van der Waals surface area contributed by atoms with Gasteiger partial charge in [0, 0.05) is 29.8 Å². The summed E-state index contributed by atoms with van der Waals surface area (Å²) in [5.74, 6) is -0.244. The van der Waals surface area contributed by atoms with Crippen molar-refractivity contribution in [3.8, 4) is 0 Å². The first-order valence-electron chi connectivity index (χ1n) is 7.68. The van der Waals surface area contributed by atoms with Gasteiger partial charge in [-0.25, -0.2) is 8.42 Å². The lowest BCUT2D eigenvalue weighted by molar-refractivity contribution is 0.102. The van der Waals surface area contributed by atoms with E-state index in [-0.39, 0.29) is 5.91 Å². The lowest BCUT2D eigenvalue weighted by Crippen LogP contribution is -2.13. The minimum absolute atomic E-state index is 0.244. The van der Waals surface area contributed by atoms with Gasteiger partial charge < -0.3 is 9.88 Å². The fourth-order valence-corrected chi connectivity index (χ4v) is 3.35. The molecule has 130 valence electrons. The van der Waals surface area contributed by atoms with Gasteiger partial charge >= 0.3 is 0 Å². The Bertz CT molecular complexity index is 1070. The van der Waals surface area contributed by atoms with Crippen molar-refractivity contribution < 1.29 is 13.2 Å². The molecule has 3 aromatic rings. The van der Waals surface area contributed by atoms with Gasteiger partial charge in [0.2, 0.25) is 10.0 Å². The Morgan fingerprint density at radius 3 is 2.56 bits per heavy atom. The number of fused-ring (bicyclic) bond motifs is 1. The van der Waals surface area contributed by atoms with Crippen LogP contribution in [0.15, 0.2) is 48.7 Å². The number of amides is 1. The van der Waals surface area contributed by atoms with Crippen molar-refractivity contribution in [2.45, 2.75) is 6.92 Å². The maximum atomic E-state index is 12.7. The van der Waals surface area contributed by atoms with Gasteiger partial charge in [-0.2, -0.15) is 0 Å². The van der Waals surface area contributed by atoms with Crippen LogP contribution in [0.1, 0.15) is 15.9 Å². The van der Waals surface area contributed by atoms with Crippen molar-refractivity contribution in [1.82, 2.24) is 4.57 Å². The lowest BCUT2D eigenvalue weighted by Gasteiger charge is -2.11. The number of carbonyl (C=O) groups excluding carboxylic acids is 1. The van der Waals surface area contributed by atoms with Gasteiger partial charge in [0.05, 0.1) is 17.5 Å². The van der Waals surface area contributed by atoms with Crippen LogP contribution in [0.4, 0.5) is 11.4 Å². The molecule has 0 spiro atoms. The predicted molar refractivity (Wildman–Crippen MR) is 101 cm³/mol. The van der Waals surface area contributed by atoms with E-state index in [1.807, 2.05) is 35.9 Å². The molecule has 0 radical (unpaired) electrons. The zero-order valence-corrected chi connectivity index (χ0v) is 15.0. The third-order valence-electron chi connectivity index (χ3n) is 3.93. The third-order valence-corrected chi connectivity index (χ3v) is 4.52. The Balaban J connectivity index is 1.91. The van der Waals surface area contributed by atoms with Crippen LogP contribution in [0.2, 0.25) is 0 Å². The number of rotatable bonds is 4. The van der Waals surface area contributed by atoms with Crippen molar-refractivity contribution >= 4 is 38.2 Å². The van der Waals surface area contributed by atoms with E-state index in [4.69, 9.17) is 0 Å². The molecule has 0 aliphatic rings. The Hall–Kier alpha value is -2.80. The summed E-state index contributed by atoms with van der Waals surface area (Å²) in [7, 11) is -1.50. The van der Waals surface area contributed by atoms with Crippen LogP contribution in [0.5, 0.6) is 0 Å². The number of anilines is 2. The molecule has 2 N–H and O–H groups in total. The largest absolute Gasteiger partial charge is 0.350 e. The summed E-state index contributed by atoms with van der Waals surface area (Å²) in [4.78, 5) is 12.7. The smallest absolute Gasteiger partial charge is 0.257 e. The molecular weight excluding hydrogens is 338 g/mol. The Morgan fingerprint density at radius 2 is 1.84 bits per heavy atom. The number of carbonyl (C=O) groups is 1. The number of nitrogens with one attached hydrogen (secondary N) is 2. The fourth-order valence-electron chi connectivity index (χ4n) is 2.73. The van der Waals surface area contributed by atoms with Gasteiger partial charge in [0.1, 0.15) is 0 Å². The van der Waals surface area contributed by atoms with Crippen molar-refractivity contribution in [3.63, 3.8) is 0 Å². The first-order valence-corrected chi connectivity index (χ1v) is 9.57. The monoisotopic (exact) mass is 357 g/mol. The molecule has 0 bridgehead atoms. The highest BCUT2D eigenvalue weighted by molar-refractivity contribution is 7.92. The summed E-state index contributed by atoms with van der Waals surface area (Å²) in [6.45, 7) is 1.80. The minimum atomic E-state index is -3.39. The molecule has 0 fully saturated rings. The third kappa shape index (κ3) is 3.66. The van der Waals surface area contributed by atoms with Gasteiger partial charge in [-0.15, -0.1) is 0 Å². The molecule has 25 heavy (non-hydrogen) atoms. The highest BCUT2D eigenvalue weighted by Crippen LogP contribution is 2.24. The van der Waals surface area contributed by atoms with Crippen molar-refractivity contribution in [1.29, 1.82) is 0 Å². The molecule has 1 aromatic heterocycles. The average molecular weight is 357 g/mol. The van der Waals surface area contributed by atoms with Crippen molar-refractivity contribution in [3.05, 3.63) is 59.8 Å². The van der Waals surface area contributed by atoms with Crippen LogP contribution in [0.3, 0.4) is 0 Å². The summed E-state index contributed by atoms with van der Waals surface area (Å²) in [6.07, 6.45) is 2.87. The molecule has 1 amide bonds. The lowest BCUT2D eigenvalue weighted by atomic mass is 10.1. The minimum Gasteiger partial charge on any atom is -0.350 e. The van der Waals surface area contributed by atoms with E-state index in [2.05, 4.69) is 10.0 Å². The van der Waals surface area contributed by atoms with Crippen LogP contribution in [-0.2, 0) is 17.1 Å². The van der Waals surface area contributed by atoms with Crippen molar-refractivity contribution in [2.24, 2.45) is 7.05 Å². The van der Waals surface area contributed by atoms with Gasteiger partial charge in [0.25, 0.3) is 5.91 Å². The van der Waals surface area contributed by atoms with Gasteiger partial charge in [-0.05, 0) is 30.7 Å². The van der Waals surface area contributed by atoms with E-state index in [1.54, 1.807) is 31.3 Å². The highest BCUT2D eigenvalue weighted by Gasteiger charge is 2.14. The van der Waals surface area contributed by atoms with E-state index in [0.717, 1.165) is 22.7 Å². The molecule has 0 saturated carbocycles. The number of sulfonamides is 1. The number of nitrogens with zero attached hydrogens (tertiary/aromatic N) is 1. The zero-order chi connectivity index (χ0) is 18.2. The molecule has 1 heterocycles. The predicted octanol–water partition coefficient (Wildman–Crippen LogP) is 3.11. The van der Waals surface area contributed by atoms with Crippen molar-refractivity contribution in [2.75, 3.05) is 16.3 Å². The number of hydrogen-bond acceptors (Lipinski definition) is 3. The standard InChI is InChI=1S/C18H19N3O3S/c1-12-8-9-13(10-16(12)20-25(3,23)24)19-18(22)15-11-21(2)17-7-5-4-6-14(15)17/h4-11,20H,1-3H3,(H,19,22). The molecule has 2 aromatic carbocycles. The molecule has 0 aliphatic heterocycles. The summed E-state index contributed by atoms with van der Waals surface area (Å²) >= 11 is 0. The quantitative estimate of drug-likeness (QED) is 0.753. The highest BCUT2D eigenvalue weighted by atomic mass is 32.2. The van der Waals surface area contributed by atoms with Gasteiger partial charge in [-0.1, -0.05) is 24.3 Å². The van der Waals surface area contributed by atoms with Crippen LogP contribution in [-0.4, -0.2) is 25.1 Å². The van der Waals surface area contributed by atoms with E-state index < -0.39 is 10.0 Å². The molecule has 0 aliphatic carbocycles. The molecule has 6 nitrogen and oxygen atoms in total. The first-order chi connectivity index (χ1) is 11.7. The summed E-state index contributed by atoms with van der Waals surface area (Å²) < 4.78 is 27.3. The fraction of sp³-hybridized carbons (Fsp3) is 0.167. The Labute approximate surface area is 146 Å². The SMILES string of the molecule is Cc1ccc(NC(=O)c2cn(C)c3ccccc23)cc1NS(C)(=O)=O. The Kier molecular flexibility index (Phi) is 4.26. The van der Waals surface area contributed by atoms with E-state index in [1.165, 1.54) is 0 Å². The first kappa shape index (κ1) is 17.0. The van der Waals surface area contributed by atoms with E-state index >= 15 is 0 Å². The van der Waals surface area contributed by atoms with Gasteiger partial charge in [-0.3, -0.25) is 9.52 Å². The second-order valence-corrected chi connectivity index (χ2v) is 7.78. The van der Waals surface area contributed by atoms with E-state index in [9.17, 15) is 13.2 Å². The number of para-hydroxylation sites is 1. The van der Waals surface area contributed by atoms with Crippen LogP contribution < -0.4 is 10.0 Å². The second kappa shape index (κ2) is 6.25. The van der Waals surface area contributed by atoms with Gasteiger partial charge in [0.15, 0.2) is 0 Å². The summed E-state index contributed by atoms with van der Waals surface area (Å²) in [5.41, 5.74) is 3.27. The number of aryl methyl sites for hydroxylation is 2. The Morgan fingerprint density at radius 1 is 1.12 bits per heavy atom. The average Bonchev–Trinajstić information content (AvgIpc) is 2.87. The second-order valence-electron chi connectivity index (χ2n) is 6.03. The number of hydrogen-bond donors (Lipinski definition) is 2. The van der Waals surface area contributed by atoms with Crippen LogP contribution >= 0.6 is 0 Å². The number of benzene rings is 2. The maximum Gasteiger partial charge on any atom is 0.257 e. The zero-order valence-electron chi connectivity index (χ0n) is 14.2. The molecule has 3 rings (SSSR count). The summed E-state index contributed by atoms with van der Waals surface area (Å²) in [5, 5.41) is 3.69. The normalized spacial score (nSPS) is 11.5. The maximum absolute atomic E-state index is 12.7. The molecule has 7 heteroatoms. The molecular formula is C18H19N3O3S. The molecule has 0 atom stereocenters. The topological polar surface area (TPSA) is 80.2 Å². The van der Waals surface area contributed by atoms with Crippen LogP contribution in [0, 0.1) is 6.92 Å². The van der Waals surface area contributed by atoms with E-state index in [0.29, 0.717) is 16.9 Å². The van der Waals surface area contributed by atoms with Crippen LogP contribution in [0.25, 0.3) is 10.9 Å². The molecule has 0 saturated heterocycles. The summed E-state index contributed by atoms with van der Waals surface area (Å²) in [6, 6.07) is 12.8.